The summed E-state index contributed by atoms with van der Waals surface area (Å²) in [6, 6.07) is 80.1. The van der Waals surface area contributed by atoms with E-state index in [1.54, 1.807) is 0 Å². The second-order valence-electron chi connectivity index (χ2n) is 18.8. The van der Waals surface area contributed by atoms with Crippen molar-refractivity contribution in [2.24, 2.45) is 0 Å². The Morgan fingerprint density at radius 2 is 0.486 bits per heavy atom. The van der Waals surface area contributed by atoms with Crippen LogP contribution in [0, 0.1) is 34.6 Å². The zero-order valence-corrected chi connectivity index (χ0v) is 41.1. The third-order valence-electron chi connectivity index (χ3n) is 13.4. The zero-order chi connectivity index (χ0) is 48.1. The predicted octanol–water partition coefficient (Wildman–Crippen LogP) is 18.7. The minimum atomic E-state index is 0.232. The quantitative estimate of drug-likeness (QED) is 0.114. The molecule has 4 nitrogen and oxygen atoms in total. The summed E-state index contributed by atoms with van der Waals surface area (Å²) in [7, 11) is 0. The molecule has 9 aromatic carbocycles. The summed E-state index contributed by atoms with van der Waals surface area (Å²) in [6.45, 7) is 12.9. The second-order valence-corrected chi connectivity index (χ2v) is 18.8. The highest BCUT2D eigenvalue weighted by Gasteiger charge is 2.22. The number of anilines is 11. The van der Waals surface area contributed by atoms with E-state index in [1.165, 1.54) is 44.8 Å². The van der Waals surface area contributed by atoms with Crippen molar-refractivity contribution in [3.05, 3.63) is 270 Å². The second kappa shape index (κ2) is 20.1. The van der Waals surface area contributed by atoms with Gasteiger partial charge >= 0.3 is 0 Å². The molecular formula is C66H60N4. The topological polar surface area (TPSA) is 13.0 Å². The molecule has 344 valence electrons. The first-order valence-electron chi connectivity index (χ1n) is 24.4. The molecule has 1 aliphatic carbocycles. The number of rotatable bonds is 13. The van der Waals surface area contributed by atoms with Gasteiger partial charge in [0.25, 0.3) is 0 Å². The molecule has 9 aromatic rings. The Hall–Kier alpha value is -8.34. The average Bonchev–Trinajstić information content (AvgIpc) is 3.39. The fraction of sp³-hybridized carbons (Fsp3) is 0.121. The fourth-order valence-corrected chi connectivity index (χ4v) is 9.38. The van der Waals surface area contributed by atoms with Gasteiger partial charge in [0.1, 0.15) is 0 Å². The summed E-state index contributed by atoms with van der Waals surface area (Å²) in [4.78, 5) is 9.48. The van der Waals surface area contributed by atoms with Gasteiger partial charge < -0.3 is 19.6 Å². The molecule has 10 rings (SSSR count). The summed E-state index contributed by atoms with van der Waals surface area (Å²) >= 11 is 0. The lowest BCUT2D eigenvalue weighted by atomic mass is 10.0. The van der Waals surface area contributed by atoms with Gasteiger partial charge in [-0.3, -0.25) is 0 Å². The maximum absolute atomic E-state index is 2.46. The number of hydrogen-bond donors (Lipinski definition) is 0. The summed E-state index contributed by atoms with van der Waals surface area (Å²) < 4.78 is 0. The van der Waals surface area contributed by atoms with Gasteiger partial charge in [-0.2, -0.15) is 0 Å². The van der Waals surface area contributed by atoms with E-state index in [0.29, 0.717) is 0 Å². The van der Waals surface area contributed by atoms with Crippen LogP contribution in [-0.4, -0.2) is 6.04 Å². The van der Waals surface area contributed by atoms with Crippen molar-refractivity contribution in [2.75, 3.05) is 19.6 Å². The van der Waals surface area contributed by atoms with Gasteiger partial charge in [-0.25, -0.2) is 0 Å². The standard InChI is InChI=1S/C66H60N4/c1-47-7-23-55(24-8-47)67(56-25-9-48(2)10-26-56)63-39-43-65(44-40-63)69(59-31-15-51(5)16-32-59)61-35-19-53(20-36-61)54-21-37-62(38-22-54)70(60-33-17-52(6)18-34-60)66-45-41-64(42-46-66)68(57-27-11-49(3)12-28-57)58-29-13-50(4)14-30-58/h7-29,31-46,58H,30H2,1-6H3. The van der Waals surface area contributed by atoms with E-state index in [9.17, 15) is 0 Å². The van der Waals surface area contributed by atoms with Crippen LogP contribution in [0.15, 0.2) is 242 Å². The first-order valence-corrected chi connectivity index (χ1v) is 24.4. The smallest absolute Gasteiger partial charge is 0.0560 e. The molecule has 0 aromatic heterocycles. The molecule has 0 bridgehead atoms. The molecule has 0 aliphatic heterocycles. The first-order chi connectivity index (χ1) is 34.1. The van der Waals surface area contributed by atoms with Gasteiger partial charge in [-0.1, -0.05) is 137 Å². The summed E-state index contributed by atoms with van der Waals surface area (Å²) in [6.07, 6.45) is 7.88. The van der Waals surface area contributed by atoms with Crippen molar-refractivity contribution in [3.63, 3.8) is 0 Å². The molecule has 0 N–H and O–H groups in total. The van der Waals surface area contributed by atoms with Crippen molar-refractivity contribution >= 4 is 62.6 Å². The molecule has 1 unspecified atom stereocenters. The Morgan fingerprint density at radius 1 is 0.271 bits per heavy atom. The average molecular weight is 909 g/mol. The molecule has 0 heterocycles. The number of aryl methyl sites for hydroxylation is 5. The van der Waals surface area contributed by atoms with Crippen LogP contribution in [0.2, 0.25) is 0 Å². The van der Waals surface area contributed by atoms with E-state index >= 15 is 0 Å². The van der Waals surface area contributed by atoms with Crippen molar-refractivity contribution < 1.29 is 0 Å². The number of allylic oxidation sites excluding steroid dienone is 2. The van der Waals surface area contributed by atoms with Gasteiger partial charge in [0.2, 0.25) is 0 Å². The van der Waals surface area contributed by atoms with Gasteiger partial charge in [-0.15, -0.1) is 0 Å². The Balaban J connectivity index is 0.939. The van der Waals surface area contributed by atoms with Crippen molar-refractivity contribution in [1.29, 1.82) is 0 Å². The monoisotopic (exact) mass is 908 g/mol. The van der Waals surface area contributed by atoms with Crippen LogP contribution in [0.25, 0.3) is 11.1 Å². The Morgan fingerprint density at radius 3 is 0.729 bits per heavy atom. The predicted molar refractivity (Wildman–Crippen MR) is 299 cm³/mol. The van der Waals surface area contributed by atoms with Crippen molar-refractivity contribution in [2.45, 2.75) is 54.0 Å². The van der Waals surface area contributed by atoms with Crippen LogP contribution >= 0.6 is 0 Å². The molecule has 70 heavy (non-hydrogen) atoms. The zero-order valence-electron chi connectivity index (χ0n) is 41.1. The lowest BCUT2D eigenvalue weighted by Crippen LogP contribution is -2.30. The summed E-state index contributed by atoms with van der Waals surface area (Å²) in [5.74, 6) is 0. The maximum atomic E-state index is 2.46. The van der Waals surface area contributed by atoms with E-state index < -0.39 is 0 Å². The van der Waals surface area contributed by atoms with Crippen LogP contribution in [0.1, 0.15) is 41.2 Å². The van der Waals surface area contributed by atoms with Crippen molar-refractivity contribution in [1.82, 2.24) is 0 Å². The third-order valence-corrected chi connectivity index (χ3v) is 13.4. The number of hydrogen-bond acceptors (Lipinski definition) is 4. The number of nitrogens with zero attached hydrogens (tertiary/aromatic N) is 4. The molecule has 0 amide bonds. The SMILES string of the molecule is CC1=CCC(N(c2ccc(C)cc2)c2ccc(N(c3ccc(C)cc3)c3ccc(-c4ccc(N(c5ccc(C)cc5)c5ccc(N(c6ccc(C)cc6)c6ccc(C)cc6)cc5)cc4)cc3)cc2)C=C1. The van der Waals surface area contributed by atoms with E-state index in [2.05, 4.69) is 298 Å². The van der Waals surface area contributed by atoms with Gasteiger partial charge in [-0.05, 0) is 193 Å². The fourth-order valence-electron chi connectivity index (χ4n) is 9.38. The van der Waals surface area contributed by atoms with Crippen LogP contribution in [0.4, 0.5) is 62.6 Å². The van der Waals surface area contributed by atoms with Gasteiger partial charge in [0, 0.05) is 62.6 Å². The Kier molecular flexibility index (Phi) is 13.0. The lowest BCUT2D eigenvalue weighted by Gasteiger charge is -2.34. The summed E-state index contributed by atoms with van der Waals surface area (Å²) in [5, 5.41) is 0. The molecule has 0 radical (unpaired) electrons. The van der Waals surface area contributed by atoms with Crippen LogP contribution in [0.3, 0.4) is 0 Å². The van der Waals surface area contributed by atoms with Crippen LogP contribution in [0.5, 0.6) is 0 Å². The molecule has 0 saturated carbocycles. The molecule has 0 fully saturated rings. The lowest BCUT2D eigenvalue weighted by molar-refractivity contribution is 0.779. The Bertz CT molecular complexity index is 3180. The van der Waals surface area contributed by atoms with E-state index in [0.717, 1.165) is 68.7 Å². The van der Waals surface area contributed by atoms with E-state index in [1.807, 2.05) is 0 Å². The minimum Gasteiger partial charge on any atom is -0.334 e. The highest BCUT2D eigenvalue weighted by Crippen LogP contribution is 2.42. The molecular weight excluding hydrogens is 849 g/mol. The van der Waals surface area contributed by atoms with Crippen molar-refractivity contribution in [3.8, 4) is 11.1 Å². The van der Waals surface area contributed by atoms with E-state index in [4.69, 9.17) is 0 Å². The Labute approximate surface area is 415 Å². The number of benzene rings is 9. The van der Waals surface area contributed by atoms with Gasteiger partial charge in [0.05, 0.1) is 6.04 Å². The minimum absolute atomic E-state index is 0.232. The van der Waals surface area contributed by atoms with Crippen LogP contribution < -0.4 is 19.6 Å². The first kappa shape index (κ1) is 45.4. The maximum Gasteiger partial charge on any atom is 0.0560 e. The highest BCUT2D eigenvalue weighted by atomic mass is 15.2. The molecule has 0 saturated heterocycles. The van der Waals surface area contributed by atoms with Gasteiger partial charge in [0.15, 0.2) is 0 Å². The molecule has 1 atom stereocenters. The summed E-state index contributed by atoms with van der Waals surface area (Å²) in [5.41, 5.74) is 22.1. The largest absolute Gasteiger partial charge is 0.334 e. The molecule has 4 heteroatoms. The van der Waals surface area contributed by atoms with E-state index in [-0.39, 0.29) is 6.04 Å². The van der Waals surface area contributed by atoms with Crippen LogP contribution in [-0.2, 0) is 0 Å². The normalized spacial score (nSPS) is 13.1. The third kappa shape index (κ3) is 9.95. The highest BCUT2D eigenvalue weighted by molar-refractivity contribution is 5.84. The molecule has 1 aliphatic rings. The molecule has 0 spiro atoms.